The Morgan fingerprint density at radius 3 is 2.48 bits per heavy atom. The number of aromatic hydroxyl groups is 1. The number of aliphatic hydroxyl groups excluding tert-OH is 5. The van der Waals surface area contributed by atoms with E-state index in [1.807, 2.05) is 24.4 Å². The lowest BCUT2D eigenvalue weighted by molar-refractivity contribution is -0.0622. The lowest BCUT2D eigenvalue weighted by Crippen LogP contribution is -2.49. The van der Waals surface area contributed by atoms with Crippen LogP contribution in [0.2, 0.25) is 0 Å². The highest BCUT2D eigenvalue weighted by molar-refractivity contribution is 8.76. The minimum absolute atomic E-state index is 0.00253. The largest absolute Gasteiger partial charge is 0.504 e. The van der Waals surface area contributed by atoms with Crippen molar-refractivity contribution in [2.45, 2.75) is 133 Å². The first-order valence-corrected chi connectivity index (χ1v) is 32.6. The molecule has 0 radical (unpaired) electrons. The molecule has 3 heterocycles. The Hall–Kier alpha value is -4.62. The van der Waals surface area contributed by atoms with E-state index in [0.717, 1.165) is 92.2 Å². The molecule has 7 aliphatic rings. The average molecular weight is 1120 g/mol. The molecular weight excluding hydrogens is 1040 g/mol. The van der Waals surface area contributed by atoms with Crippen LogP contribution in [0.3, 0.4) is 0 Å². The number of ether oxygens (including phenoxy) is 2. The zero-order valence-electron chi connectivity index (χ0n) is 46.6. The van der Waals surface area contributed by atoms with Gasteiger partial charge >= 0.3 is 0 Å². The number of nitrogens with two attached hydrogens (primary N) is 1. The minimum atomic E-state index is -1.06. The highest BCUT2D eigenvalue weighted by Crippen LogP contribution is 2.59. The van der Waals surface area contributed by atoms with Crippen molar-refractivity contribution in [3.63, 3.8) is 0 Å². The number of allylic oxidation sites excluding steroid dienone is 3. The quantitative estimate of drug-likeness (QED) is 0.0393. The average Bonchev–Trinajstić information content (AvgIpc) is 3.98. The summed E-state index contributed by atoms with van der Waals surface area (Å²) in [5, 5.41) is 73.7. The normalized spacial score (nSPS) is 33.7. The van der Waals surface area contributed by atoms with Gasteiger partial charge in [-0.15, -0.1) is 0 Å². The van der Waals surface area contributed by atoms with Crippen LogP contribution < -0.4 is 15.8 Å². The second-order valence-corrected chi connectivity index (χ2v) is 26.9. The fourth-order valence-corrected chi connectivity index (χ4v) is 18.5. The van der Waals surface area contributed by atoms with Crippen LogP contribution in [-0.4, -0.2) is 105 Å². The van der Waals surface area contributed by atoms with E-state index in [2.05, 4.69) is 102 Å². The van der Waals surface area contributed by atoms with Gasteiger partial charge in [0.1, 0.15) is 11.9 Å². The second kappa shape index (κ2) is 25.9. The first-order valence-electron chi connectivity index (χ1n) is 30.1. The molecule has 0 amide bonds. The maximum Gasteiger partial charge on any atom is 0.161 e. The molecule has 2 fully saturated rings. The zero-order valence-corrected chi connectivity index (χ0v) is 48.2. The van der Waals surface area contributed by atoms with Crippen molar-refractivity contribution in [3.05, 3.63) is 153 Å². The van der Waals surface area contributed by atoms with Gasteiger partial charge in [0, 0.05) is 83.7 Å². The molecule has 15 unspecified atom stereocenters. The van der Waals surface area contributed by atoms with Crippen molar-refractivity contribution >= 4 is 21.6 Å². The van der Waals surface area contributed by atoms with E-state index in [1.54, 1.807) is 21.6 Å². The number of H-pyrrole nitrogens is 1. The van der Waals surface area contributed by atoms with E-state index >= 15 is 0 Å². The Kier molecular flexibility index (Phi) is 18.5. The van der Waals surface area contributed by atoms with Crippen LogP contribution in [0, 0.1) is 64.6 Å². The molecule has 1 saturated carbocycles. The summed E-state index contributed by atoms with van der Waals surface area (Å²) in [6.45, 7) is 2.71. The predicted octanol–water partition coefficient (Wildman–Crippen LogP) is 9.92. The zero-order chi connectivity index (χ0) is 55.3. The van der Waals surface area contributed by atoms with Gasteiger partial charge in [0.2, 0.25) is 0 Å². The highest BCUT2D eigenvalue weighted by atomic mass is 33.1. The Morgan fingerprint density at radius 2 is 1.69 bits per heavy atom. The van der Waals surface area contributed by atoms with Gasteiger partial charge < -0.3 is 56.1 Å². The molecule has 4 aromatic rings. The van der Waals surface area contributed by atoms with Crippen molar-refractivity contribution in [2.75, 3.05) is 44.5 Å². The number of aromatic amines is 1. The Labute approximate surface area is 482 Å². The third-order valence-corrected chi connectivity index (χ3v) is 22.4. The van der Waals surface area contributed by atoms with Gasteiger partial charge in [0.15, 0.2) is 11.5 Å². The molecule has 13 heteroatoms. The summed E-state index contributed by atoms with van der Waals surface area (Å²) in [5.74, 6) is 9.60. The molecule has 0 bridgehead atoms. The first kappa shape index (κ1) is 57.2. The number of rotatable bonds is 11. The number of hydrogen-bond donors (Lipinski definition) is 9. The van der Waals surface area contributed by atoms with Crippen molar-refractivity contribution in [1.29, 1.82) is 0 Å². The van der Waals surface area contributed by atoms with E-state index in [0.29, 0.717) is 55.5 Å². The topological polar surface area (TPSA) is 194 Å². The van der Waals surface area contributed by atoms with E-state index in [4.69, 9.17) is 15.2 Å². The number of fused-ring (bicyclic) bond motifs is 7. The van der Waals surface area contributed by atoms with E-state index < -0.39 is 29.6 Å². The summed E-state index contributed by atoms with van der Waals surface area (Å²) >= 11 is 0. The van der Waals surface area contributed by atoms with E-state index in [-0.39, 0.29) is 91.4 Å². The number of nitrogens with one attached hydrogen (secondary N) is 2. The molecule has 80 heavy (non-hydrogen) atoms. The van der Waals surface area contributed by atoms with Crippen LogP contribution in [0.1, 0.15) is 116 Å². The fourth-order valence-electron chi connectivity index (χ4n) is 16.0. The summed E-state index contributed by atoms with van der Waals surface area (Å²) in [7, 11) is 3.27. The molecule has 3 aromatic carbocycles. The summed E-state index contributed by atoms with van der Waals surface area (Å²) in [6.07, 6.45) is 14.8. The van der Waals surface area contributed by atoms with E-state index in [1.165, 1.54) is 22.3 Å². The standard InChI is InChI=1S/C67H85N3O8S2/c1-2-41-28-46-32-59(74)62(78-63-33-47(29-49-17-11-24-69-49)50-21-25-70-66(68)57(50)40-80-79-39-48(37-72)65(63)76)35-53(46)55-34-60(75)64-45(31-52(41)55)20-23-67(22-9-8-19-61(64)77-27-26-71)36-56(43-13-4-3-5-14-43)54-30-44-15-7-6-12-42(44)16-10-18-51(54)58(67)38-73/h3-7,11-15,17,21,24,31-32,35,41,45,47-48,51,54-56,58,60-61,63-65,69-76H,2,8-10,16,18-19,22,25-30,33-34,36-40,68H2,1H3. The third-order valence-electron chi connectivity index (χ3n) is 20.0. The molecule has 1 aromatic heterocycles. The lowest BCUT2D eigenvalue weighted by Gasteiger charge is -2.53. The second-order valence-electron chi connectivity index (χ2n) is 24.4. The Balaban J connectivity index is 0.984. The van der Waals surface area contributed by atoms with Crippen molar-refractivity contribution in [2.24, 2.45) is 58.5 Å². The van der Waals surface area contributed by atoms with Gasteiger partial charge in [0.25, 0.3) is 0 Å². The van der Waals surface area contributed by atoms with Gasteiger partial charge in [-0.1, -0.05) is 126 Å². The lowest BCUT2D eigenvalue weighted by atomic mass is 9.50. The maximum absolute atomic E-state index is 13.0. The SMILES string of the molecule is CCC1Cc2cc(O)c(OC3CC(Cc4ccc[nH]4)C4=CCNC(N)=C4CSSCC(CO)C3O)cc2C2CC(O)C3C(C#CC4(CCCCC3OCCO)CC(c3ccccc3)C3Cc5ccccc5CCCC3C4CO)C=C12. The first-order chi connectivity index (χ1) is 39.1. The van der Waals surface area contributed by atoms with Crippen molar-refractivity contribution < 1.29 is 40.1 Å². The summed E-state index contributed by atoms with van der Waals surface area (Å²) in [6, 6.07) is 28.0. The Morgan fingerprint density at radius 1 is 0.850 bits per heavy atom. The molecule has 2 aliphatic heterocycles. The monoisotopic (exact) mass is 1120 g/mol. The van der Waals surface area contributed by atoms with Crippen LogP contribution in [0.5, 0.6) is 11.5 Å². The van der Waals surface area contributed by atoms with Crippen LogP contribution in [0.25, 0.3) is 0 Å². The van der Waals surface area contributed by atoms with Crippen LogP contribution in [-0.2, 0) is 30.4 Å². The number of aryl methyl sites for hydroxylation is 1. The van der Waals surface area contributed by atoms with Gasteiger partial charge in [-0.2, -0.15) is 0 Å². The fraction of sp³-hybridized carbons (Fsp3) is 0.552. The number of aromatic nitrogens is 1. The molecule has 10 N–H and O–H groups in total. The summed E-state index contributed by atoms with van der Waals surface area (Å²) < 4.78 is 13.7. The molecule has 11 rings (SSSR count). The number of benzene rings is 3. The minimum Gasteiger partial charge on any atom is -0.504 e. The van der Waals surface area contributed by atoms with Gasteiger partial charge in [0.05, 0.1) is 31.5 Å². The maximum atomic E-state index is 13.0. The molecule has 15 atom stereocenters. The molecule has 428 valence electrons. The summed E-state index contributed by atoms with van der Waals surface area (Å²) in [5.41, 5.74) is 16.9. The summed E-state index contributed by atoms with van der Waals surface area (Å²) in [4.78, 5) is 3.39. The smallest absolute Gasteiger partial charge is 0.161 e. The van der Waals surface area contributed by atoms with E-state index in [9.17, 15) is 30.6 Å². The Bertz CT molecular complexity index is 2900. The molecule has 5 aliphatic carbocycles. The van der Waals surface area contributed by atoms with Crippen molar-refractivity contribution in [1.82, 2.24) is 10.3 Å². The van der Waals surface area contributed by atoms with Gasteiger partial charge in [-0.25, -0.2) is 0 Å². The van der Waals surface area contributed by atoms with Gasteiger partial charge in [-0.05, 0) is 164 Å². The third kappa shape index (κ3) is 11.9. The number of aliphatic hydroxyl groups is 5. The number of phenols is 1. The number of phenolic OH excluding ortho intramolecular Hbond substituents is 1. The predicted molar refractivity (Wildman–Crippen MR) is 320 cm³/mol. The number of hydrogen-bond acceptors (Lipinski definition) is 12. The van der Waals surface area contributed by atoms with Crippen LogP contribution >= 0.6 is 21.6 Å². The molecule has 1 spiro atoms. The molecular formula is C67H85N3O8S2. The van der Waals surface area contributed by atoms with Gasteiger partial charge in [-0.3, -0.25) is 0 Å². The molecule has 11 nitrogen and oxygen atoms in total. The number of dihydropyridines is 1. The van der Waals surface area contributed by atoms with Crippen LogP contribution in [0.15, 0.2) is 120 Å². The highest BCUT2D eigenvalue weighted by Gasteiger charge is 2.53. The van der Waals surface area contributed by atoms with Crippen molar-refractivity contribution in [3.8, 4) is 23.3 Å². The molecule has 1 saturated heterocycles. The van der Waals surface area contributed by atoms with Crippen LogP contribution in [0.4, 0.5) is 0 Å².